The van der Waals surface area contributed by atoms with Gasteiger partial charge in [-0.15, -0.1) is 24.0 Å². The van der Waals surface area contributed by atoms with E-state index < -0.39 is 0 Å². The molecule has 26 heavy (non-hydrogen) atoms. The number of nitrogens with zero attached hydrogens (tertiary/aromatic N) is 3. The SMILES string of the molecule is CCNC(=NCCN1CCCCC1C)N1CCC(C(=O)OCC)CC1.I. The first kappa shape index (κ1) is 23.5. The fraction of sp³-hybridized carbons (Fsp3) is 0.895. The van der Waals surface area contributed by atoms with Crippen LogP contribution < -0.4 is 5.32 Å². The van der Waals surface area contributed by atoms with Gasteiger partial charge in [-0.05, 0) is 53.0 Å². The van der Waals surface area contributed by atoms with Crippen LogP contribution in [0.25, 0.3) is 0 Å². The molecule has 0 radical (unpaired) electrons. The minimum Gasteiger partial charge on any atom is -0.466 e. The Kier molecular flexibility index (Phi) is 11.5. The Morgan fingerprint density at radius 2 is 1.88 bits per heavy atom. The molecule has 0 amide bonds. The van der Waals surface area contributed by atoms with Crippen molar-refractivity contribution in [3.63, 3.8) is 0 Å². The Labute approximate surface area is 176 Å². The van der Waals surface area contributed by atoms with Crippen LogP contribution in [0.15, 0.2) is 4.99 Å². The molecule has 2 rings (SSSR count). The maximum absolute atomic E-state index is 11.9. The summed E-state index contributed by atoms with van der Waals surface area (Å²) in [4.78, 5) is 21.6. The molecule has 2 aliphatic heterocycles. The molecule has 0 bridgehead atoms. The Bertz CT molecular complexity index is 439. The second-order valence-corrected chi connectivity index (χ2v) is 7.13. The van der Waals surface area contributed by atoms with Crippen LogP contribution in [-0.4, -0.2) is 73.6 Å². The largest absolute Gasteiger partial charge is 0.466 e. The first-order valence-electron chi connectivity index (χ1n) is 10.1. The van der Waals surface area contributed by atoms with Gasteiger partial charge in [0.15, 0.2) is 5.96 Å². The van der Waals surface area contributed by atoms with E-state index in [2.05, 4.69) is 29.0 Å². The number of rotatable bonds is 6. The summed E-state index contributed by atoms with van der Waals surface area (Å²) in [6, 6.07) is 0.687. The number of ether oxygens (including phenoxy) is 1. The molecule has 7 heteroatoms. The summed E-state index contributed by atoms with van der Waals surface area (Å²) < 4.78 is 5.16. The van der Waals surface area contributed by atoms with E-state index in [0.29, 0.717) is 12.6 Å². The van der Waals surface area contributed by atoms with Crippen molar-refractivity contribution < 1.29 is 9.53 Å². The molecule has 1 atom stereocenters. The summed E-state index contributed by atoms with van der Waals surface area (Å²) in [6.45, 7) is 12.5. The molecule has 0 aromatic heterocycles. The van der Waals surface area contributed by atoms with Crippen LogP contribution in [0.5, 0.6) is 0 Å². The molecule has 6 nitrogen and oxygen atoms in total. The van der Waals surface area contributed by atoms with Crippen molar-refractivity contribution in [2.75, 3.05) is 45.9 Å². The smallest absolute Gasteiger partial charge is 0.309 e. The van der Waals surface area contributed by atoms with Crippen molar-refractivity contribution in [2.24, 2.45) is 10.9 Å². The average molecular weight is 480 g/mol. The molecular formula is C19H37IN4O2. The highest BCUT2D eigenvalue weighted by molar-refractivity contribution is 14.0. The van der Waals surface area contributed by atoms with Gasteiger partial charge in [0.2, 0.25) is 0 Å². The highest BCUT2D eigenvalue weighted by Crippen LogP contribution is 2.19. The van der Waals surface area contributed by atoms with E-state index in [4.69, 9.17) is 9.73 Å². The number of carbonyl (C=O) groups excluding carboxylic acids is 1. The number of piperidine rings is 2. The summed E-state index contributed by atoms with van der Waals surface area (Å²) in [7, 11) is 0. The molecule has 152 valence electrons. The lowest BCUT2D eigenvalue weighted by molar-refractivity contribution is -0.149. The van der Waals surface area contributed by atoms with E-state index in [9.17, 15) is 4.79 Å². The fourth-order valence-electron chi connectivity index (χ4n) is 3.79. The van der Waals surface area contributed by atoms with Gasteiger partial charge in [-0.25, -0.2) is 0 Å². The van der Waals surface area contributed by atoms with Crippen LogP contribution in [-0.2, 0) is 9.53 Å². The Morgan fingerprint density at radius 1 is 1.15 bits per heavy atom. The molecule has 1 unspecified atom stereocenters. The van der Waals surface area contributed by atoms with Crippen molar-refractivity contribution in [3.8, 4) is 0 Å². The predicted octanol–water partition coefficient (Wildman–Crippen LogP) is 2.72. The molecule has 2 aliphatic rings. The average Bonchev–Trinajstić information content (AvgIpc) is 2.63. The lowest BCUT2D eigenvalue weighted by Crippen LogP contribution is -2.47. The van der Waals surface area contributed by atoms with Crippen molar-refractivity contribution in [1.29, 1.82) is 0 Å². The molecule has 2 saturated heterocycles. The standard InChI is InChI=1S/C19H36N4O2.HI/c1-4-20-19(21-11-15-22-12-7-6-8-16(22)3)23-13-9-17(10-14-23)18(24)25-5-2;/h16-17H,4-15H2,1-3H3,(H,20,21);1H. The van der Waals surface area contributed by atoms with E-state index in [1.165, 1.54) is 25.8 Å². The molecule has 0 spiro atoms. The van der Waals surface area contributed by atoms with Crippen molar-refractivity contribution >= 4 is 35.9 Å². The molecule has 2 fully saturated rings. The minimum absolute atomic E-state index is 0. The summed E-state index contributed by atoms with van der Waals surface area (Å²) in [5.74, 6) is 1.01. The highest BCUT2D eigenvalue weighted by Gasteiger charge is 2.27. The van der Waals surface area contributed by atoms with Gasteiger partial charge in [-0.3, -0.25) is 14.7 Å². The van der Waals surface area contributed by atoms with E-state index in [1.807, 2.05) is 6.92 Å². The van der Waals surface area contributed by atoms with E-state index in [1.54, 1.807) is 0 Å². The molecular weight excluding hydrogens is 443 g/mol. The number of hydrogen-bond acceptors (Lipinski definition) is 4. The van der Waals surface area contributed by atoms with Crippen LogP contribution in [0.1, 0.15) is 52.9 Å². The molecule has 2 heterocycles. The lowest BCUT2D eigenvalue weighted by atomic mass is 9.97. The van der Waals surface area contributed by atoms with Gasteiger partial charge in [-0.2, -0.15) is 0 Å². The second-order valence-electron chi connectivity index (χ2n) is 7.13. The number of nitrogens with one attached hydrogen (secondary N) is 1. The Hall–Kier alpha value is -0.570. The zero-order valence-corrected chi connectivity index (χ0v) is 19.0. The maximum atomic E-state index is 11.9. The van der Waals surface area contributed by atoms with Crippen LogP contribution in [0.4, 0.5) is 0 Å². The van der Waals surface area contributed by atoms with Gasteiger partial charge in [0.1, 0.15) is 0 Å². The van der Waals surface area contributed by atoms with Gasteiger partial charge in [0, 0.05) is 32.2 Å². The number of aliphatic imine (C=N–C) groups is 1. The molecule has 1 N–H and O–H groups in total. The zero-order valence-electron chi connectivity index (χ0n) is 16.7. The van der Waals surface area contributed by atoms with Crippen LogP contribution >= 0.6 is 24.0 Å². The second kappa shape index (κ2) is 12.8. The van der Waals surface area contributed by atoms with Gasteiger partial charge in [0.25, 0.3) is 0 Å². The number of likely N-dealkylation sites (tertiary alicyclic amines) is 2. The molecule has 0 aromatic rings. The highest BCUT2D eigenvalue weighted by atomic mass is 127. The molecule has 0 saturated carbocycles. The zero-order chi connectivity index (χ0) is 18.1. The van der Waals surface area contributed by atoms with Gasteiger partial charge >= 0.3 is 5.97 Å². The van der Waals surface area contributed by atoms with Gasteiger partial charge < -0.3 is 15.0 Å². The fourth-order valence-corrected chi connectivity index (χ4v) is 3.79. The number of hydrogen-bond donors (Lipinski definition) is 1. The van der Waals surface area contributed by atoms with Crippen molar-refractivity contribution in [1.82, 2.24) is 15.1 Å². The molecule has 0 aromatic carbocycles. The lowest BCUT2D eigenvalue weighted by Gasteiger charge is -2.34. The first-order valence-corrected chi connectivity index (χ1v) is 10.1. The third kappa shape index (κ3) is 7.21. The first-order chi connectivity index (χ1) is 12.2. The van der Waals surface area contributed by atoms with Gasteiger partial charge in [0.05, 0.1) is 19.1 Å². The monoisotopic (exact) mass is 480 g/mol. The predicted molar refractivity (Wildman–Crippen MR) is 117 cm³/mol. The normalized spacial score (nSPS) is 22.7. The van der Waals surface area contributed by atoms with E-state index in [0.717, 1.165) is 51.5 Å². The van der Waals surface area contributed by atoms with Crippen LogP contribution in [0.3, 0.4) is 0 Å². The summed E-state index contributed by atoms with van der Waals surface area (Å²) in [5, 5.41) is 3.41. The quantitative estimate of drug-likeness (QED) is 0.274. The third-order valence-electron chi connectivity index (χ3n) is 5.34. The Balaban J connectivity index is 0.00000338. The number of esters is 1. The van der Waals surface area contributed by atoms with Crippen LogP contribution in [0.2, 0.25) is 0 Å². The van der Waals surface area contributed by atoms with Crippen LogP contribution in [0, 0.1) is 5.92 Å². The number of carbonyl (C=O) groups is 1. The summed E-state index contributed by atoms with van der Waals surface area (Å²) in [5.41, 5.74) is 0. The van der Waals surface area contributed by atoms with Crippen molar-refractivity contribution in [3.05, 3.63) is 0 Å². The van der Waals surface area contributed by atoms with E-state index >= 15 is 0 Å². The number of guanidine groups is 1. The van der Waals surface area contributed by atoms with Crippen molar-refractivity contribution in [2.45, 2.75) is 58.9 Å². The van der Waals surface area contributed by atoms with E-state index in [-0.39, 0.29) is 35.9 Å². The van der Waals surface area contributed by atoms with Gasteiger partial charge in [-0.1, -0.05) is 6.42 Å². The minimum atomic E-state index is -0.0387. The summed E-state index contributed by atoms with van der Waals surface area (Å²) in [6.07, 6.45) is 5.69. The summed E-state index contributed by atoms with van der Waals surface area (Å²) >= 11 is 0. The Morgan fingerprint density at radius 3 is 2.50 bits per heavy atom. The third-order valence-corrected chi connectivity index (χ3v) is 5.34. The molecule has 0 aliphatic carbocycles. The topological polar surface area (TPSA) is 57.2 Å². The number of halogens is 1. The maximum Gasteiger partial charge on any atom is 0.309 e.